The summed E-state index contributed by atoms with van der Waals surface area (Å²) in [5.41, 5.74) is 5.96. The third-order valence-corrected chi connectivity index (χ3v) is 3.19. The Balaban J connectivity index is 2.29. The lowest BCUT2D eigenvalue weighted by Gasteiger charge is -2.21. The van der Waals surface area contributed by atoms with Crippen LogP contribution in [0.4, 0.5) is 0 Å². The van der Waals surface area contributed by atoms with Crippen molar-refractivity contribution in [3.8, 4) is 5.75 Å². The number of amides is 1. The molecule has 0 spiro atoms. The minimum atomic E-state index is -0.0280. The van der Waals surface area contributed by atoms with E-state index in [1.807, 2.05) is 30.3 Å². The van der Waals surface area contributed by atoms with E-state index in [-0.39, 0.29) is 18.6 Å². The first-order valence-corrected chi connectivity index (χ1v) is 6.68. The number of nitrogens with zero attached hydrogens (tertiary/aromatic N) is 1. The van der Waals surface area contributed by atoms with Crippen molar-refractivity contribution >= 4 is 5.91 Å². The molecule has 0 bridgehead atoms. The summed E-state index contributed by atoms with van der Waals surface area (Å²) in [5, 5.41) is 0. The summed E-state index contributed by atoms with van der Waals surface area (Å²) < 4.78 is 5.42. The van der Waals surface area contributed by atoms with Crippen LogP contribution in [0, 0.1) is 5.92 Å². The van der Waals surface area contributed by atoms with E-state index in [4.69, 9.17) is 10.5 Å². The number of benzene rings is 1. The summed E-state index contributed by atoms with van der Waals surface area (Å²) in [6.07, 6.45) is 0.811. The summed E-state index contributed by atoms with van der Waals surface area (Å²) in [6.45, 7) is 4.91. The average Bonchev–Trinajstić information content (AvgIpc) is 2.42. The van der Waals surface area contributed by atoms with E-state index in [9.17, 15) is 4.79 Å². The predicted octanol–water partition coefficient (Wildman–Crippen LogP) is 1.90. The Morgan fingerprint density at radius 1 is 1.32 bits per heavy atom. The summed E-state index contributed by atoms with van der Waals surface area (Å²) in [6, 6.07) is 9.47. The summed E-state index contributed by atoms with van der Waals surface area (Å²) in [4.78, 5) is 13.5. The molecule has 1 aromatic rings. The highest BCUT2D eigenvalue weighted by Gasteiger charge is 2.13. The number of rotatable bonds is 7. The molecule has 0 saturated heterocycles. The van der Waals surface area contributed by atoms with Gasteiger partial charge in [-0.25, -0.2) is 0 Å². The van der Waals surface area contributed by atoms with Crippen molar-refractivity contribution in [2.45, 2.75) is 26.3 Å². The van der Waals surface area contributed by atoms with Crippen LogP contribution in [0.2, 0.25) is 0 Å². The second kappa shape index (κ2) is 7.79. The summed E-state index contributed by atoms with van der Waals surface area (Å²) >= 11 is 0. The molecule has 1 atom stereocenters. The van der Waals surface area contributed by atoms with Crippen LogP contribution in [0.5, 0.6) is 5.75 Å². The van der Waals surface area contributed by atoms with Gasteiger partial charge in [0, 0.05) is 19.6 Å². The standard InChI is InChI=1S/C15H24N2O2/c1-12(2)14(16)9-10-17(3)15(18)11-19-13-7-5-4-6-8-13/h4-8,12,14H,9-11,16H2,1-3H3. The van der Waals surface area contributed by atoms with Crippen LogP contribution in [-0.4, -0.2) is 37.0 Å². The van der Waals surface area contributed by atoms with Gasteiger partial charge in [-0.05, 0) is 24.5 Å². The molecule has 0 aliphatic heterocycles. The maximum atomic E-state index is 11.9. The van der Waals surface area contributed by atoms with Gasteiger partial charge < -0.3 is 15.4 Å². The molecular formula is C15H24N2O2. The first-order chi connectivity index (χ1) is 9.00. The molecule has 106 valence electrons. The molecule has 1 unspecified atom stereocenters. The van der Waals surface area contributed by atoms with Crippen molar-refractivity contribution in [1.82, 2.24) is 4.90 Å². The second-order valence-corrected chi connectivity index (χ2v) is 5.11. The number of ether oxygens (including phenoxy) is 1. The maximum Gasteiger partial charge on any atom is 0.260 e. The third kappa shape index (κ3) is 5.75. The average molecular weight is 264 g/mol. The Morgan fingerprint density at radius 2 is 1.95 bits per heavy atom. The molecule has 1 aromatic carbocycles. The Kier molecular flexibility index (Phi) is 6.36. The summed E-state index contributed by atoms with van der Waals surface area (Å²) in [5.74, 6) is 1.12. The second-order valence-electron chi connectivity index (χ2n) is 5.11. The highest BCUT2D eigenvalue weighted by atomic mass is 16.5. The lowest BCUT2D eigenvalue weighted by molar-refractivity contribution is -0.132. The SMILES string of the molecule is CC(C)C(N)CCN(C)C(=O)COc1ccccc1. The molecule has 0 aliphatic rings. The number of hydrogen-bond acceptors (Lipinski definition) is 3. The fraction of sp³-hybridized carbons (Fsp3) is 0.533. The van der Waals surface area contributed by atoms with Gasteiger partial charge in [-0.3, -0.25) is 4.79 Å². The van der Waals surface area contributed by atoms with Crippen LogP contribution < -0.4 is 10.5 Å². The number of nitrogens with two attached hydrogens (primary N) is 1. The van der Waals surface area contributed by atoms with Crippen molar-refractivity contribution < 1.29 is 9.53 Å². The lowest BCUT2D eigenvalue weighted by atomic mass is 10.0. The van der Waals surface area contributed by atoms with E-state index in [0.717, 1.165) is 6.42 Å². The van der Waals surface area contributed by atoms with Gasteiger partial charge in [-0.15, -0.1) is 0 Å². The Labute approximate surface area is 115 Å². The minimum Gasteiger partial charge on any atom is -0.484 e. The van der Waals surface area contributed by atoms with Gasteiger partial charge in [0.25, 0.3) is 5.91 Å². The van der Waals surface area contributed by atoms with Crippen molar-refractivity contribution in [2.24, 2.45) is 11.7 Å². The molecule has 19 heavy (non-hydrogen) atoms. The van der Waals surface area contributed by atoms with Gasteiger partial charge in [0.05, 0.1) is 0 Å². The first kappa shape index (κ1) is 15.5. The maximum absolute atomic E-state index is 11.9. The molecule has 0 aliphatic carbocycles. The molecule has 0 saturated carbocycles. The van der Waals surface area contributed by atoms with Crippen molar-refractivity contribution in [3.05, 3.63) is 30.3 Å². The predicted molar refractivity (Wildman–Crippen MR) is 77.0 cm³/mol. The van der Waals surface area contributed by atoms with E-state index in [1.54, 1.807) is 11.9 Å². The zero-order valence-corrected chi connectivity index (χ0v) is 12.0. The molecule has 0 fully saturated rings. The van der Waals surface area contributed by atoms with E-state index in [2.05, 4.69) is 13.8 Å². The van der Waals surface area contributed by atoms with Crippen LogP contribution in [0.25, 0.3) is 0 Å². The largest absolute Gasteiger partial charge is 0.484 e. The smallest absolute Gasteiger partial charge is 0.260 e. The van der Waals surface area contributed by atoms with E-state index >= 15 is 0 Å². The molecule has 1 amide bonds. The normalized spacial score (nSPS) is 12.3. The minimum absolute atomic E-state index is 0.0280. The van der Waals surface area contributed by atoms with Crippen molar-refractivity contribution in [3.63, 3.8) is 0 Å². The number of carbonyl (C=O) groups excluding carboxylic acids is 1. The zero-order chi connectivity index (χ0) is 14.3. The monoisotopic (exact) mass is 264 g/mol. The number of carbonyl (C=O) groups is 1. The molecule has 4 heteroatoms. The quantitative estimate of drug-likeness (QED) is 0.818. The number of para-hydroxylation sites is 1. The molecule has 2 N–H and O–H groups in total. The Morgan fingerprint density at radius 3 is 2.53 bits per heavy atom. The number of hydrogen-bond donors (Lipinski definition) is 1. The van der Waals surface area contributed by atoms with Crippen LogP contribution in [-0.2, 0) is 4.79 Å². The van der Waals surface area contributed by atoms with Gasteiger partial charge in [-0.2, -0.15) is 0 Å². The fourth-order valence-corrected chi connectivity index (χ4v) is 1.57. The molecule has 0 aromatic heterocycles. The van der Waals surface area contributed by atoms with Crippen LogP contribution in [0.1, 0.15) is 20.3 Å². The van der Waals surface area contributed by atoms with Crippen molar-refractivity contribution in [2.75, 3.05) is 20.2 Å². The molecule has 4 nitrogen and oxygen atoms in total. The molecular weight excluding hydrogens is 240 g/mol. The van der Waals surface area contributed by atoms with Crippen LogP contribution >= 0.6 is 0 Å². The highest BCUT2D eigenvalue weighted by Crippen LogP contribution is 2.08. The van der Waals surface area contributed by atoms with Gasteiger partial charge >= 0.3 is 0 Å². The van der Waals surface area contributed by atoms with E-state index < -0.39 is 0 Å². The van der Waals surface area contributed by atoms with Crippen LogP contribution in [0.3, 0.4) is 0 Å². The molecule has 1 rings (SSSR count). The summed E-state index contributed by atoms with van der Waals surface area (Å²) in [7, 11) is 1.78. The van der Waals surface area contributed by atoms with Gasteiger partial charge in [0.15, 0.2) is 6.61 Å². The Bertz CT molecular complexity index is 379. The zero-order valence-electron chi connectivity index (χ0n) is 12.0. The molecule has 0 heterocycles. The topological polar surface area (TPSA) is 55.6 Å². The van der Waals surface area contributed by atoms with Gasteiger partial charge in [0.1, 0.15) is 5.75 Å². The van der Waals surface area contributed by atoms with E-state index in [0.29, 0.717) is 18.2 Å². The first-order valence-electron chi connectivity index (χ1n) is 6.68. The Hall–Kier alpha value is -1.55. The fourth-order valence-electron chi connectivity index (χ4n) is 1.57. The highest BCUT2D eigenvalue weighted by molar-refractivity contribution is 5.77. The number of likely N-dealkylation sites (N-methyl/N-ethyl adjacent to an activating group) is 1. The molecule has 0 radical (unpaired) electrons. The van der Waals surface area contributed by atoms with Crippen molar-refractivity contribution in [1.29, 1.82) is 0 Å². The van der Waals surface area contributed by atoms with E-state index in [1.165, 1.54) is 0 Å². The van der Waals surface area contributed by atoms with Crippen LogP contribution in [0.15, 0.2) is 30.3 Å². The third-order valence-electron chi connectivity index (χ3n) is 3.19. The van der Waals surface area contributed by atoms with Gasteiger partial charge in [-0.1, -0.05) is 32.0 Å². The van der Waals surface area contributed by atoms with Gasteiger partial charge in [0.2, 0.25) is 0 Å². The lowest BCUT2D eigenvalue weighted by Crippen LogP contribution is -2.36.